The van der Waals surface area contributed by atoms with E-state index in [1.165, 1.54) is 24.3 Å². The van der Waals surface area contributed by atoms with E-state index >= 15 is 0 Å². The number of hydrogen-bond donors (Lipinski definition) is 2. The van der Waals surface area contributed by atoms with Gasteiger partial charge in [0.15, 0.2) is 18.1 Å². The molecule has 1 amide bonds. The molecule has 0 bridgehead atoms. The smallest absolute Gasteiger partial charge is 0.275 e. The molecule has 0 heterocycles. The molecule has 0 saturated carbocycles. The van der Waals surface area contributed by atoms with Crippen LogP contribution in [0.2, 0.25) is 0 Å². The summed E-state index contributed by atoms with van der Waals surface area (Å²) in [6, 6.07) is 13.4. The average Bonchev–Trinajstić information content (AvgIpc) is 2.62. The lowest BCUT2D eigenvalue weighted by atomic mass is 10.0. The second-order valence-electron chi connectivity index (χ2n) is 7.28. The molecule has 4 nitrogen and oxygen atoms in total. The van der Waals surface area contributed by atoms with Gasteiger partial charge in [-0.1, -0.05) is 38.1 Å². The second kappa shape index (κ2) is 10.1. The number of methoxy groups -OCH3 is 1. The quantitative estimate of drug-likeness (QED) is 0.709. The molecule has 27 heavy (non-hydrogen) atoms. The standard InChI is InChI=1S/C22H29FN2O2/c1-16(2)19-8-5-17(6-9-19)11-12-24-22(26)15-25(3)14-18-7-10-21(27-4)20(23)13-18/h5-10,13,16H,11-12,14-15H2,1-4H3,(H,24,26)/p+1. The number of halogens is 1. The summed E-state index contributed by atoms with van der Waals surface area (Å²) in [6.07, 6.45) is 0.812. The van der Waals surface area contributed by atoms with Crippen molar-refractivity contribution in [2.45, 2.75) is 32.7 Å². The highest BCUT2D eigenvalue weighted by Crippen LogP contribution is 2.17. The molecule has 0 aliphatic carbocycles. The topological polar surface area (TPSA) is 42.8 Å². The lowest BCUT2D eigenvalue weighted by Crippen LogP contribution is -3.08. The summed E-state index contributed by atoms with van der Waals surface area (Å²) in [7, 11) is 3.37. The van der Waals surface area contributed by atoms with E-state index in [2.05, 4.69) is 43.4 Å². The Balaban J connectivity index is 1.74. The number of quaternary nitrogens is 1. The van der Waals surface area contributed by atoms with Gasteiger partial charge in [0.25, 0.3) is 5.91 Å². The minimum Gasteiger partial charge on any atom is -0.494 e. The van der Waals surface area contributed by atoms with E-state index in [0.29, 0.717) is 25.6 Å². The van der Waals surface area contributed by atoms with Gasteiger partial charge in [0.1, 0.15) is 6.54 Å². The lowest BCUT2D eigenvalue weighted by molar-refractivity contribution is -0.885. The SMILES string of the molecule is COc1ccc(C[NH+](C)CC(=O)NCCc2ccc(C(C)C)cc2)cc1F. The van der Waals surface area contributed by atoms with Crippen LogP contribution in [0.5, 0.6) is 5.75 Å². The van der Waals surface area contributed by atoms with Crippen LogP contribution in [-0.2, 0) is 17.8 Å². The van der Waals surface area contributed by atoms with E-state index in [1.807, 2.05) is 13.1 Å². The molecule has 2 N–H and O–H groups in total. The fourth-order valence-electron chi connectivity index (χ4n) is 2.98. The van der Waals surface area contributed by atoms with Crippen LogP contribution in [0.25, 0.3) is 0 Å². The fraction of sp³-hybridized carbons (Fsp3) is 0.409. The van der Waals surface area contributed by atoms with Crippen molar-refractivity contribution < 1.29 is 18.8 Å². The van der Waals surface area contributed by atoms with Crippen LogP contribution in [0, 0.1) is 5.82 Å². The summed E-state index contributed by atoms with van der Waals surface area (Å²) in [5.41, 5.74) is 3.38. The Morgan fingerprint density at radius 1 is 1.15 bits per heavy atom. The molecule has 1 unspecified atom stereocenters. The highest BCUT2D eigenvalue weighted by Gasteiger charge is 2.12. The van der Waals surface area contributed by atoms with Crippen LogP contribution in [0.3, 0.4) is 0 Å². The van der Waals surface area contributed by atoms with Crippen molar-refractivity contribution in [2.24, 2.45) is 0 Å². The van der Waals surface area contributed by atoms with Crippen LogP contribution < -0.4 is 15.0 Å². The predicted octanol–water partition coefficient (Wildman–Crippen LogP) is 2.33. The zero-order valence-electron chi connectivity index (χ0n) is 16.6. The molecule has 0 spiro atoms. The first-order valence-electron chi connectivity index (χ1n) is 9.38. The van der Waals surface area contributed by atoms with Crippen molar-refractivity contribution in [3.05, 3.63) is 65.0 Å². The molecule has 0 aliphatic rings. The van der Waals surface area contributed by atoms with Gasteiger partial charge >= 0.3 is 0 Å². The third-order valence-corrected chi connectivity index (χ3v) is 4.57. The molecule has 2 aromatic carbocycles. The lowest BCUT2D eigenvalue weighted by Gasteiger charge is -2.14. The highest BCUT2D eigenvalue weighted by atomic mass is 19.1. The van der Waals surface area contributed by atoms with Gasteiger partial charge < -0.3 is 15.0 Å². The Bertz CT molecular complexity index is 744. The molecule has 2 aromatic rings. The summed E-state index contributed by atoms with van der Waals surface area (Å²) >= 11 is 0. The number of ether oxygens (including phenoxy) is 1. The van der Waals surface area contributed by atoms with Crippen molar-refractivity contribution in [2.75, 3.05) is 27.2 Å². The van der Waals surface area contributed by atoms with Gasteiger partial charge in [-0.15, -0.1) is 0 Å². The first-order valence-corrected chi connectivity index (χ1v) is 9.38. The van der Waals surface area contributed by atoms with Gasteiger partial charge in [-0.05, 0) is 41.7 Å². The molecule has 0 aromatic heterocycles. The largest absolute Gasteiger partial charge is 0.494 e. The average molecular weight is 373 g/mol. The minimum atomic E-state index is -0.379. The molecule has 0 aliphatic heterocycles. The second-order valence-corrected chi connectivity index (χ2v) is 7.28. The van der Waals surface area contributed by atoms with Crippen LogP contribution in [-0.4, -0.2) is 33.2 Å². The zero-order valence-corrected chi connectivity index (χ0v) is 16.6. The number of hydrogen-bond acceptors (Lipinski definition) is 2. The van der Waals surface area contributed by atoms with Crippen molar-refractivity contribution in [3.8, 4) is 5.75 Å². The van der Waals surface area contributed by atoms with Crippen molar-refractivity contribution in [1.29, 1.82) is 0 Å². The zero-order chi connectivity index (χ0) is 19.8. The fourth-order valence-corrected chi connectivity index (χ4v) is 2.98. The van der Waals surface area contributed by atoms with Crippen LogP contribution in [0.4, 0.5) is 4.39 Å². The predicted molar refractivity (Wildman–Crippen MR) is 106 cm³/mol. The summed E-state index contributed by atoms with van der Waals surface area (Å²) in [4.78, 5) is 13.1. The van der Waals surface area contributed by atoms with Crippen LogP contribution >= 0.6 is 0 Å². The maximum atomic E-state index is 13.7. The minimum absolute atomic E-state index is 0.000263. The van der Waals surface area contributed by atoms with Crippen molar-refractivity contribution >= 4 is 5.91 Å². The summed E-state index contributed by atoms with van der Waals surface area (Å²) in [5, 5.41) is 2.96. The Hall–Kier alpha value is -2.40. The number of carbonyl (C=O) groups is 1. The highest BCUT2D eigenvalue weighted by molar-refractivity contribution is 5.76. The summed E-state index contributed by atoms with van der Waals surface area (Å²) < 4.78 is 18.7. The normalized spacial score (nSPS) is 12.1. The molecule has 0 saturated heterocycles. The Labute approximate surface area is 161 Å². The van der Waals surface area contributed by atoms with Gasteiger partial charge in [0, 0.05) is 12.1 Å². The molecular weight excluding hydrogens is 343 g/mol. The van der Waals surface area contributed by atoms with E-state index in [4.69, 9.17) is 4.74 Å². The van der Waals surface area contributed by atoms with Gasteiger partial charge in [-0.25, -0.2) is 4.39 Å². The van der Waals surface area contributed by atoms with Gasteiger partial charge in [0.2, 0.25) is 0 Å². The summed E-state index contributed by atoms with van der Waals surface area (Å²) in [6.45, 7) is 5.89. The Morgan fingerprint density at radius 3 is 2.41 bits per heavy atom. The van der Waals surface area contributed by atoms with E-state index < -0.39 is 0 Å². The van der Waals surface area contributed by atoms with Gasteiger partial charge in [-0.3, -0.25) is 4.79 Å². The number of carbonyl (C=O) groups excluding carboxylic acids is 1. The third kappa shape index (κ3) is 6.68. The molecule has 5 heteroatoms. The van der Waals surface area contributed by atoms with E-state index in [9.17, 15) is 9.18 Å². The molecule has 146 valence electrons. The van der Waals surface area contributed by atoms with Crippen molar-refractivity contribution in [1.82, 2.24) is 5.32 Å². The first kappa shape index (κ1) is 20.9. The Morgan fingerprint density at radius 2 is 1.81 bits per heavy atom. The van der Waals surface area contributed by atoms with Gasteiger partial charge in [-0.2, -0.15) is 0 Å². The molecule has 2 rings (SSSR count). The molecule has 1 atom stereocenters. The third-order valence-electron chi connectivity index (χ3n) is 4.57. The number of amides is 1. The van der Waals surface area contributed by atoms with Crippen LogP contribution in [0.1, 0.15) is 36.5 Å². The maximum absolute atomic E-state index is 13.7. The van der Waals surface area contributed by atoms with Crippen LogP contribution in [0.15, 0.2) is 42.5 Å². The molecule has 0 fully saturated rings. The van der Waals surface area contributed by atoms with E-state index in [0.717, 1.165) is 16.9 Å². The number of nitrogens with one attached hydrogen (secondary N) is 2. The maximum Gasteiger partial charge on any atom is 0.275 e. The number of likely N-dealkylation sites (N-methyl/N-ethyl adjacent to an activating group) is 1. The van der Waals surface area contributed by atoms with E-state index in [1.54, 1.807) is 6.07 Å². The Kier molecular flexibility index (Phi) is 7.80. The monoisotopic (exact) mass is 373 g/mol. The first-order chi connectivity index (χ1) is 12.9. The molecule has 0 radical (unpaired) electrons. The summed E-state index contributed by atoms with van der Waals surface area (Å²) in [5.74, 6) is 0.378. The number of rotatable bonds is 9. The van der Waals surface area contributed by atoms with Crippen molar-refractivity contribution in [3.63, 3.8) is 0 Å². The number of benzene rings is 2. The van der Waals surface area contributed by atoms with E-state index in [-0.39, 0.29) is 17.5 Å². The molecular formula is C22H30FN2O2+. The van der Waals surface area contributed by atoms with Gasteiger partial charge in [0.05, 0.1) is 14.2 Å².